The van der Waals surface area contributed by atoms with E-state index in [1.165, 1.54) is 12.5 Å². The number of nitrogens with two attached hydrogens (primary N) is 1. The first-order chi connectivity index (χ1) is 11.0. The van der Waals surface area contributed by atoms with Crippen LogP contribution in [0.15, 0.2) is 16.5 Å². The SMILES string of the molecule is CC(C)CC[C@H]1CCCCN1C(=O)NCc1ccc(C(N)=O)o1. The molecule has 1 aliphatic heterocycles. The predicted octanol–water partition coefficient (Wildman–Crippen LogP) is 2.88. The van der Waals surface area contributed by atoms with Crippen LogP contribution in [0, 0.1) is 5.92 Å². The zero-order valence-electron chi connectivity index (χ0n) is 14.0. The van der Waals surface area contributed by atoms with E-state index in [1.807, 2.05) is 4.90 Å². The Hall–Kier alpha value is -1.98. The number of urea groups is 1. The number of carbonyl (C=O) groups excluding carboxylic acids is 2. The summed E-state index contributed by atoms with van der Waals surface area (Å²) in [7, 11) is 0. The molecule has 0 bridgehead atoms. The quantitative estimate of drug-likeness (QED) is 0.844. The normalized spacial score (nSPS) is 18.2. The molecule has 6 heteroatoms. The van der Waals surface area contributed by atoms with Gasteiger partial charge in [-0.3, -0.25) is 4.79 Å². The summed E-state index contributed by atoms with van der Waals surface area (Å²) in [5.74, 6) is 0.689. The average molecular weight is 321 g/mol. The lowest BCUT2D eigenvalue weighted by Gasteiger charge is -2.36. The number of piperidine rings is 1. The van der Waals surface area contributed by atoms with Gasteiger partial charge >= 0.3 is 6.03 Å². The maximum atomic E-state index is 12.4. The molecule has 0 unspecified atom stereocenters. The Morgan fingerprint density at radius 2 is 2.17 bits per heavy atom. The van der Waals surface area contributed by atoms with Gasteiger partial charge in [0.15, 0.2) is 5.76 Å². The number of hydrogen-bond donors (Lipinski definition) is 2. The van der Waals surface area contributed by atoms with Gasteiger partial charge in [-0.05, 0) is 50.2 Å². The molecular weight excluding hydrogens is 294 g/mol. The van der Waals surface area contributed by atoms with Crippen molar-refractivity contribution < 1.29 is 14.0 Å². The van der Waals surface area contributed by atoms with Crippen LogP contribution < -0.4 is 11.1 Å². The molecule has 23 heavy (non-hydrogen) atoms. The number of hydrogen-bond acceptors (Lipinski definition) is 3. The summed E-state index contributed by atoms with van der Waals surface area (Å²) in [6, 6.07) is 3.45. The summed E-state index contributed by atoms with van der Waals surface area (Å²) in [5, 5.41) is 2.88. The number of primary amides is 1. The third kappa shape index (κ3) is 5.01. The first-order valence-electron chi connectivity index (χ1n) is 8.40. The van der Waals surface area contributed by atoms with Crippen molar-refractivity contribution in [1.29, 1.82) is 0 Å². The molecule has 0 aliphatic carbocycles. The molecule has 1 aromatic heterocycles. The van der Waals surface area contributed by atoms with Crippen LogP contribution >= 0.6 is 0 Å². The number of nitrogens with one attached hydrogen (secondary N) is 1. The van der Waals surface area contributed by atoms with Gasteiger partial charge < -0.3 is 20.4 Å². The molecule has 0 saturated carbocycles. The Bertz CT molecular complexity index is 539. The zero-order valence-corrected chi connectivity index (χ0v) is 14.0. The van der Waals surface area contributed by atoms with Crippen LogP contribution in [0.2, 0.25) is 0 Å². The molecule has 1 fully saturated rings. The summed E-state index contributed by atoms with van der Waals surface area (Å²) < 4.78 is 5.28. The van der Waals surface area contributed by atoms with E-state index < -0.39 is 5.91 Å². The highest BCUT2D eigenvalue weighted by molar-refractivity contribution is 5.89. The van der Waals surface area contributed by atoms with Crippen molar-refractivity contribution >= 4 is 11.9 Å². The summed E-state index contributed by atoms with van der Waals surface area (Å²) >= 11 is 0. The Labute approximate surface area is 137 Å². The summed E-state index contributed by atoms with van der Waals surface area (Å²) in [5.41, 5.74) is 5.15. The molecule has 1 atom stereocenters. The lowest BCUT2D eigenvalue weighted by Crippen LogP contribution is -2.48. The van der Waals surface area contributed by atoms with Crippen molar-refractivity contribution in [3.8, 4) is 0 Å². The fraction of sp³-hybridized carbons (Fsp3) is 0.647. The van der Waals surface area contributed by atoms with E-state index in [9.17, 15) is 9.59 Å². The van der Waals surface area contributed by atoms with Gasteiger partial charge in [0.05, 0.1) is 6.54 Å². The molecule has 0 aromatic carbocycles. The molecule has 1 aliphatic rings. The number of nitrogens with zero attached hydrogens (tertiary/aromatic N) is 1. The van der Waals surface area contributed by atoms with Crippen molar-refractivity contribution in [3.05, 3.63) is 23.7 Å². The standard InChI is InChI=1S/C17H27N3O3/c1-12(2)6-7-13-5-3-4-10-20(13)17(22)19-11-14-8-9-15(23-14)16(18)21/h8-9,12-13H,3-7,10-11H2,1-2H3,(H2,18,21)(H,19,22)/t13-/m1/s1. The maximum absolute atomic E-state index is 12.4. The van der Waals surface area contributed by atoms with Gasteiger partial charge in [-0.1, -0.05) is 13.8 Å². The van der Waals surface area contributed by atoms with Gasteiger partial charge in [-0.2, -0.15) is 0 Å². The maximum Gasteiger partial charge on any atom is 0.318 e. The van der Waals surface area contributed by atoms with Crippen molar-refractivity contribution in [3.63, 3.8) is 0 Å². The van der Waals surface area contributed by atoms with E-state index in [4.69, 9.17) is 10.2 Å². The first-order valence-corrected chi connectivity index (χ1v) is 8.40. The van der Waals surface area contributed by atoms with Gasteiger partial charge in [0.25, 0.3) is 5.91 Å². The predicted molar refractivity (Wildman–Crippen MR) is 87.9 cm³/mol. The average Bonchev–Trinajstić information content (AvgIpc) is 3.00. The highest BCUT2D eigenvalue weighted by Crippen LogP contribution is 2.22. The van der Waals surface area contributed by atoms with E-state index in [-0.39, 0.29) is 18.3 Å². The monoisotopic (exact) mass is 321 g/mol. The van der Waals surface area contributed by atoms with Gasteiger partial charge in [0.2, 0.25) is 0 Å². The minimum Gasteiger partial charge on any atom is -0.454 e. The number of rotatable bonds is 6. The Morgan fingerprint density at radius 1 is 1.39 bits per heavy atom. The Morgan fingerprint density at radius 3 is 2.83 bits per heavy atom. The van der Waals surface area contributed by atoms with Crippen LogP contribution in [0.1, 0.15) is 62.3 Å². The molecule has 128 valence electrons. The number of likely N-dealkylation sites (tertiary alicyclic amines) is 1. The molecule has 3 N–H and O–H groups in total. The van der Waals surface area contributed by atoms with Crippen molar-refractivity contribution in [2.75, 3.05) is 6.54 Å². The number of furan rings is 1. The van der Waals surface area contributed by atoms with Gasteiger partial charge in [0.1, 0.15) is 5.76 Å². The van der Waals surface area contributed by atoms with E-state index in [0.29, 0.717) is 17.7 Å². The molecular formula is C17H27N3O3. The summed E-state index contributed by atoms with van der Waals surface area (Å²) in [6.45, 7) is 5.49. The van der Waals surface area contributed by atoms with E-state index in [0.717, 1.165) is 32.2 Å². The molecule has 6 nitrogen and oxygen atoms in total. The van der Waals surface area contributed by atoms with Gasteiger partial charge in [-0.15, -0.1) is 0 Å². The summed E-state index contributed by atoms with van der Waals surface area (Å²) in [6.07, 6.45) is 5.50. The van der Waals surface area contributed by atoms with E-state index in [1.54, 1.807) is 6.07 Å². The molecule has 2 heterocycles. The molecule has 1 saturated heterocycles. The van der Waals surface area contributed by atoms with E-state index in [2.05, 4.69) is 19.2 Å². The van der Waals surface area contributed by atoms with Crippen molar-refractivity contribution in [2.45, 2.75) is 58.5 Å². The number of amides is 3. The molecule has 1 aromatic rings. The van der Waals surface area contributed by atoms with Gasteiger partial charge in [0, 0.05) is 12.6 Å². The summed E-state index contributed by atoms with van der Waals surface area (Å²) in [4.78, 5) is 25.4. The minimum atomic E-state index is -0.604. The zero-order chi connectivity index (χ0) is 16.8. The minimum absolute atomic E-state index is 0.0597. The van der Waals surface area contributed by atoms with E-state index >= 15 is 0 Å². The third-order valence-electron chi connectivity index (χ3n) is 4.28. The first kappa shape index (κ1) is 17.4. The van der Waals surface area contributed by atoms with Gasteiger partial charge in [-0.25, -0.2) is 4.79 Å². The molecule has 2 rings (SSSR count). The molecule has 0 radical (unpaired) electrons. The Balaban J connectivity index is 1.87. The second-order valence-electron chi connectivity index (χ2n) is 6.60. The lowest BCUT2D eigenvalue weighted by molar-refractivity contribution is 0.0972. The van der Waals surface area contributed by atoms with Crippen LogP contribution in [0.25, 0.3) is 0 Å². The fourth-order valence-electron chi connectivity index (χ4n) is 2.96. The van der Waals surface area contributed by atoms with Crippen LogP contribution in [-0.4, -0.2) is 29.4 Å². The highest BCUT2D eigenvalue weighted by atomic mass is 16.4. The molecule has 0 spiro atoms. The smallest absolute Gasteiger partial charge is 0.318 e. The van der Waals surface area contributed by atoms with Crippen molar-refractivity contribution in [2.24, 2.45) is 11.7 Å². The van der Waals surface area contributed by atoms with Crippen molar-refractivity contribution in [1.82, 2.24) is 10.2 Å². The topological polar surface area (TPSA) is 88.6 Å². The lowest BCUT2D eigenvalue weighted by atomic mass is 9.95. The van der Waals surface area contributed by atoms with Crippen LogP contribution in [0.3, 0.4) is 0 Å². The number of carbonyl (C=O) groups is 2. The Kier molecular flexibility index (Phi) is 6.07. The molecule has 3 amide bonds. The highest BCUT2D eigenvalue weighted by Gasteiger charge is 2.26. The van der Waals surface area contributed by atoms with Crippen LogP contribution in [-0.2, 0) is 6.54 Å². The largest absolute Gasteiger partial charge is 0.454 e. The second-order valence-corrected chi connectivity index (χ2v) is 6.60. The second kappa shape index (κ2) is 8.04. The third-order valence-corrected chi connectivity index (χ3v) is 4.28. The van der Waals surface area contributed by atoms with Crippen LogP contribution in [0.5, 0.6) is 0 Å². The van der Waals surface area contributed by atoms with Crippen LogP contribution in [0.4, 0.5) is 4.79 Å². The fourth-order valence-corrected chi connectivity index (χ4v) is 2.96.